The van der Waals surface area contributed by atoms with E-state index in [9.17, 15) is 17.6 Å². The maximum absolute atomic E-state index is 14.0. The van der Waals surface area contributed by atoms with Gasteiger partial charge in [-0.15, -0.1) is 0 Å². The van der Waals surface area contributed by atoms with E-state index >= 15 is 0 Å². The Bertz CT molecular complexity index is 939. The number of H-pyrrole nitrogens is 1. The number of aromatic amines is 1. The normalized spacial score (nSPS) is 11.5. The van der Waals surface area contributed by atoms with Gasteiger partial charge in [-0.2, -0.15) is 13.2 Å². The van der Waals surface area contributed by atoms with Gasteiger partial charge in [0.25, 0.3) is 0 Å². The van der Waals surface area contributed by atoms with Crippen LogP contribution < -0.4 is 10.1 Å². The predicted octanol–water partition coefficient (Wildman–Crippen LogP) is 4.09. The van der Waals surface area contributed by atoms with Crippen LogP contribution in [0.3, 0.4) is 0 Å². The molecule has 0 radical (unpaired) electrons. The molecule has 3 aromatic rings. The van der Waals surface area contributed by atoms with E-state index in [0.717, 1.165) is 18.3 Å². The van der Waals surface area contributed by atoms with Crippen molar-refractivity contribution in [3.63, 3.8) is 0 Å². The van der Waals surface area contributed by atoms with E-state index in [1.807, 2.05) is 0 Å². The first-order chi connectivity index (χ1) is 12.3. The second-order valence-electron chi connectivity index (χ2n) is 5.35. The third kappa shape index (κ3) is 3.73. The molecule has 0 amide bonds. The molecule has 0 aliphatic rings. The molecule has 0 aliphatic heterocycles. The number of anilines is 2. The van der Waals surface area contributed by atoms with Crippen LogP contribution in [0, 0.1) is 12.7 Å². The average Bonchev–Trinajstić information content (AvgIpc) is 3.01. The summed E-state index contributed by atoms with van der Waals surface area (Å²) in [6.45, 7) is 1.69. The molecule has 0 aliphatic carbocycles. The third-order valence-electron chi connectivity index (χ3n) is 3.43. The van der Waals surface area contributed by atoms with Crippen molar-refractivity contribution in [2.45, 2.75) is 13.1 Å². The average molecular weight is 367 g/mol. The molecule has 10 heteroatoms. The van der Waals surface area contributed by atoms with Crippen LogP contribution >= 0.6 is 0 Å². The van der Waals surface area contributed by atoms with Crippen molar-refractivity contribution in [1.29, 1.82) is 0 Å². The van der Waals surface area contributed by atoms with Crippen molar-refractivity contribution in [3.8, 4) is 17.1 Å². The zero-order chi connectivity index (χ0) is 18.9. The Kier molecular flexibility index (Phi) is 4.49. The molecule has 0 spiro atoms. The fourth-order valence-electron chi connectivity index (χ4n) is 2.24. The summed E-state index contributed by atoms with van der Waals surface area (Å²) in [5, 5.41) is 2.63. The summed E-state index contributed by atoms with van der Waals surface area (Å²) in [4.78, 5) is 14.6. The Labute approximate surface area is 145 Å². The molecule has 2 aromatic heterocycles. The van der Waals surface area contributed by atoms with Gasteiger partial charge in [-0.05, 0) is 19.1 Å². The number of aromatic nitrogens is 4. The lowest BCUT2D eigenvalue weighted by atomic mass is 10.2. The molecule has 2 heterocycles. The molecule has 0 atom stereocenters. The van der Waals surface area contributed by atoms with E-state index in [4.69, 9.17) is 4.74 Å². The summed E-state index contributed by atoms with van der Waals surface area (Å²) >= 11 is 0. The smallest absolute Gasteiger partial charge is 0.416 e. The number of aryl methyl sites for hydroxylation is 1. The van der Waals surface area contributed by atoms with Gasteiger partial charge in [0.05, 0.1) is 30.8 Å². The SMILES string of the molecule is COc1cc(Nc2ncc(F)c(-c3cnc(C)[nH]3)n2)cc(C(F)(F)F)c1. The summed E-state index contributed by atoms with van der Waals surface area (Å²) < 4.78 is 57.8. The highest BCUT2D eigenvalue weighted by atomic mass is 19.4. The van der Waals surface area contributed by atoms with Crippen LogP contribution in [0.2, 0.25) is 0 Å². The maximum Gasteiger partial charge on any atom is 0.416 e. The number of benzene rings is 1. The fourth-order valence-corrected chi connectivity index (χ4v) is 2.24. The first-order valence-electron chi connectivity index (χ1n) is 7.34. The van der Waals surface area contributed by atoms with Gasteiger partial charge in [0, 0.05) is 11.8 Å². The van der Waals surface area contributed by atoms with E-state index in [1.165, 1.54) is 19.4 Å². The molecule has 0 fully saturated rings. The number of imidazole rings is 1. The van der Waals surface area contributed by atoms with Gasteiger partial charge in [0.1, 0.15) is 17.3 Å². The first-order valence-corrected chi connectivity index (χ1v) is 7.34. The van der Waals surface area contributed by atoms with Crippen molar-refractivity contribution < 1.29 is 22.3 Å². The number of halogens is 4. The van der Waals surface area contributed by atoms with Gasteiger partial charge in [-0.25, -0.2) is 19.3 Å². The van der Waals surface area contributed by atoms with E-state index in [2.05, 4.69) is 25.3 Å². The first kappa shape index (κ1) is 17.6. The topological polar surface area (TPSA) is 75.7 Å². The third-order valence-corrected chi connectivity index (χ3v) is 3.43. The fraction of sp³-hybridized carbons (Fsp3) is 0.188. The Morgan fingerprint density at radius 1 is 1.12 bits per heavy atom. The number of nitrogens with zero attached hydrogens (tertiary/aromatic N) is 3. The summed E-state index contributed by atoms with van der Waals surface area (Å²) in [6, 6.07) is 3.10. The summed E-state index contributed by atoms with van der Waals surface area (Å²) in [7, 11) is 1.26. The molecular formula is C16H13F4N5O. The van der Waals surface area contributed by atoms with Crippen LogP contribution in [0.5, 0.6) is 5.75 Å². The second kappa shape index (κ2) is 6.62. The van der Waals surface area contributed by atoms with E-state index in [0.29, 0.717) is 11.5 Å². The van der Waals surface area contributed by atoms with Crippen molar-refractivity contribution in [1.82, 2.24) is 19.9 Å². The summed E-state index contributed by atoms with van der Waals surface area (Å²) in [5.41, 5.74) is -0.574. The minimum atomic E-state index is -4.55. The standard InChI is InChI=1S/C16H13F4N5O/c1-8-21-7-13(23-8)14-12(17)6-22-15(25-14)24-10-3-9(16(18,19)20)4-11(5-10)26-2/h3-7H,1-2H3,(H,21,23)(H,22,24,25). The highest BCUT2D eigenvalue weighted by Gasteiger charge is 2.31. The highest BCUT2D eigenvalue weighted by Crippen LogP contribution is 2.34. The summed E-state index contributed by atoms with van der Waals surface area (Å²) in [5.74, 6) is -0.195. The van der Waals surface area contributed by atoms with E-state index in [1.54, 1.807) is 6.92 Å². The molecule has 2 N–H and O–H groups in total. The number of hydrogen-bond acceptors (Lipinski definition) is 5. The minimum absolute atomic E-state index is 0.00820. The van der Waals surface area contributed by atoms with Crippen LogP contribution in [-0.2, 0) is 6.18 Å². The summed E-state index contributed by atoms with van der Waals surface area (Å²) in [6.07, 6.45) is -2.23. The molecule has 136 valence electrons. The molecular weight excluding hydrogens is 354 g/mol. The van der Waals surface area contributed by atoms with Crippen molar-refractivity contribution >= 4 is 11.6 Å². The van der Waals surface area contributed by atoms with Crippen LogP contribution in [0.15, 0.2) is 30.6 Å². The van der Waals surface area contributed by atoms with Crippen molar-refractivity contribution in [2.24, 2.45) is 0 Å². The van der Waals surface area contributed by atoms with Crippen LogP contribution in [0.4, 0.5) is 29.2 Å². The zero-order valence-electron chi connectivity index (χ0n) is 13.6. The van der Waals surface area contributed by atoms with Crippen molar-refractivity contribution in [2.75, 3.05) is 12.4 Å². The number of ether oxygens (including phenoxy) is 1. The molecule has 0 saturated heterocycles. The van der Waals surface area contributed by atoms with Crippen molar-refractivity contribution in [3.05, 3.63) is 47.8 Å². The Morgan fingerprint density at radius 2 is 1.88 bits per heavy atom. The number of alkyl halides is 3. The van der Waals surface area contributed by atoms with Gasteiger partial charge in [-0.3, -0.25) is 0 Å². The number of nitrogens with one attached hydrogen (secondary N) is 2. The van der Waals surface area contributed by atoms with Gasteiger partial charge < -0.3 is 15.0 Å². The molecule has 6 nitrogen and oxygen atoms in total. The zero-order valence-corrected chi connectivity index (χ0v) is 13.6. The largest absolute Gasteiger partial charge is 0.497 e. The van der Waals surface area contributed by atoms with E-state index in [-0.39, 0.29) is 23.1 Å². The number of hydrogen-bond donors (Lipinski definition) is 2. The molecule has 1 aromatic carbocycles. The van der Waals surface area contributed by atoms with Crippen LogP contribution in [-0.4, -0.2) is 27.0 Å². The maximum atomic E-state index is 14.0. The highest BCUT2D eigenvalue weighted by molar-refractivity contribution is 5.61. The molecule has 0 unspecified atom stereocenters. The van der Waals surface area contributed by atoms with Gasteiger partial charge in [0.15, 0.2) is 5.82 Å². The molecule has 0 saturated carbocycles. The van der Waals surface area contributed by atoms with Gasteiger partial charge in [-0.1, -0.05) is 0 Å². The lowest BCUT2D eigenvalue weighted by Crippen LogP contribution is -2.07. The Hall–Kier alpha value is -3.17. The molecule has 3 rings (SSSR count). The van der Waals surface area contributed by atoms with Gasteiger partial charge >= 0.3 is 6.18 Å². The van der Waals surface area contributed by atoms with E-state index < -0.39 is 17.6 Å². The lowest BCUT2D eigenvalue weighted by molar-refractivity contribution is -0.137. The Morgan fingerprint density at radius 3 is 2.50 bits per heavy atom. The number of methoxy groups -OCH3 is 1. The minimum Gasteiger partial charge on any atom is -0.497 e. The molecule has 0 bridgehead atoms. The Balaban J connectivity index is 1.97. The quantitative estimate of drug-likeness (QED) is 0.680. The lowest BCUT2D eigenvalue weighted by Gasteiger charge is -2.12. The predicted molar refractivity (Wildman–Crippen MR) is 85.6 cm³/mol. The number of rotatable bonds is 4. The van der Waals surface area contributed by atoms with Gasteiger partial charge in [0.2, 0.25) is 5.95 Å². The molecule has 26 heavy (non-hydrogen) atoms. The second-order valence-corrected chi connectivity index (χ2v) is 5.35. The van der Waals surface area contributed by atoms with Crippen LogP contribution in [0.1, 0.15) is 11.4 Å². The monoisotopic (exact) mass is 367 g/mol. The van der Waals surface area contributed by atoms with Crippen LogP contribution in [0.25, 0.3) is 11.4 Å².